The van der Waals surface area contributed by atoms with Gasteiger partial charge in [0.2, 0.25) is 10.0 Å². The van der Waals surface area contributed by atoms with E-state index >= 15 is 0 Å². The molecule has 1 saturated carbocycles. The molecule has 0 bridgehead atoms. The maximum atomic E-state index is 12.6. The van der Waals surface area contributed by atoms with Crippen molar-refractivity contribution in [3.05, 3.63) is 29.8 Å². The Hall–Kier alpha value is -1.93. The zero-order valence-electron chi connectivity index (χ0n) is 15.9. The fourth-order valence-corrected chi connectivity index (χ4v) is 4.96. The van der Waals surface area contributed by atoms with Crippen LogP contribution in [0.5, 0.6) is 0 Å². The van der Waals surface area contributed by atoms with E-state index in [0.29, 0.717) is 25.9 Å². The molecule has 1 fully saturated rings. The number of amides is 1. The quantitative estimate of drug-likeness (QED) is 0.690. The van der Waals surface area contributed by atoms with Crippen LogP contribution in [0.3, 0.4) is 0 Å². The first-order chi connectivity index (χ1) is 12.8. The number of carboxylic acid groups (broad SMARTS) is 1. The van der Waals surface area contributed by atoms with Crippen LogP contribution in [0.1, 0.15) is 62.7 Å². The molecule has 0 heterocycles. The van der Waals surface area contributed by atoms with Crippen molar-refractivity contribution in [2.45, 2.75) is 62.8 Å². The second-order valence-corrected chi connectivity index (χ2v) is 8.81. The number of rotatable bonds is 7. The number of carbonyl (C=O) groups is 2. The number of hydrogen-bond donors (Lipinski definition) is 2. The highest BCUT2D eigenvalue weighted by atomic mass is 32.2. The smallest absolute Gasteiger partial charge is 0.329 e. The summed E-state index contributed by atoms with van der Waals surface area (Å²) in [6, 6.07) is 5.64. The molecule has 1 aliphatic carbocycles. The zero-order chi connectivity index (χ0) is 20.1. The van der Waals surface area contributed by atoms with Gasteiger partial charge in [-0.25, -0.2) is 13.2 Å². The monoisotopic (exact) mass is 396 g/mol. The summed E-state index contributed by atoms with van der Waals surface area (Å²) in [5.41, 5.74) is -1.00. The summed E-state index contributed by atoms with van der Waals surface area (Å²) in [6.45, 7) is 4.26. The minimum Gasteiger partial charge on any atom is -0.480 e. The third kappa shape index (κ3) is 4.68. The summed E-state index contributed by atoms with van der Waals surface area (Å²) in [4.78, 5) is 24.5. The largest absolute Gasteiger partial charge is 0.480 e. The number of carboxylic acids is 1. The second-order valence-electron chi connectivity index (χ2n) is 6.87. The van der Waals surface area contributed by atoms with Gasteiger partial charge in [-0.2, -0.15) is 4.31 Å². The Morgan fingerprint density at radius 1 is 1.04 bits per heavy atom. The van der Waals surface area contributed by atoms with Gasteiger partial charge in [-0.05, 0) is 37.1 Å². The van der Waals surface area contributed by atoms with E-state index in [2.05, 4.69) is 5.32 Å². The molecule has 2 rings (SSSR count). The lowest BCUT2D eigenvalue weighted by atomic mass is 9.90. The Balaban J connectivity index is 2.21. The van der Waals surface area contributed by atoms with Gasteiger partial charge in [-0.3, -0.25) is 4.79 Å². The van der Waals surface area contributed by atoms with Crippen molar-refractivity contribution in [2.24, 2.45) is 0 Å². The Labute approximate surface area is 160 Å². The molecule has 0 saturated heterocycles. The van der Waals surface area contributed by atoms with Crippen molar-refractivity contribution in [3.8, 4) is 0 Å². The minimum atomic E-state index is -3.59. The molecule has 0 atom stereocenters. The third-order valence-corrected chi connectivity index (χ3v) is 7.24. The van der Waals surface area contributed by atoms with Crippen LogP contribution in [0.15, 0.2) is 29.2 Å². The topological polar surface area (TPSA) is 104 Å². The molecule has 1 aromatic rings. The summed E-state index contributed by atoms with van der Waals surface area (Å²) >= 11 is 0. The highest BCUT2D eigenvalue weighted by Crippen LogP contribution is 2.28. The molecule has 0 aromatic heterocycles. The zero-order valence-corrected chi connectivity index (χ0v) is 16.7. The molecule has 8 heteroatoms. The SMILES string of the molecule is CCN(CC)S(=O)(=O)c1ccc(C(=O)NC2(C(=O)O)CCCCCC2)cc1. The van der Waals surface area contributed by atoms with Gasteiger partial charge in [0.1, 0.15) is 5.54 Å². The lowest BCUT2D eigenvalue weighted by Gasteiger charge is -2.29. The van der Waals surface area contributed by atoms with Gasteiger partial charge in [0.05, 0.1) is 4.90 Å². The number of carbonyl (C=O) groups excluding carboxylic acids is 1. The van der Waals surface area contributed by atoms with Crippen molar-refractivity contribution in [1.29, 1.82) is 0 Å². The summed E-state index contributed by atoms with van der Waals surface area (Å²) in [5, 5.41) is 12.4. The van der Waals surface area contributed by atoms with Crippen LogP contribution >= 0.6 is 0 Å². The van der Waals surface area contributed by atoms with E-state index in [1.807, 2.05) is 0 Å². The van der Waals surface area contributed by atoms with Gasteiger partial charge in [0.25, 0.3) is 5.91 Å². The number of nitrogens with zero attached hydrogens (tertiary/aromatic N) is 1. The van der Waals surface area contributed by atoms with Crippen LogP contribution in [0, 0.1) is 0 Å². The Morgan fingerprint density at radius 3 is 2.00 bits per heavy atom. The molecular weight excluding hydrogens is 368 g/mol. The van der Waals surface area contributed by atoms with Crippen molar-refractivity contribution in [1.82, 2.24) is 9.62 Å². The first-order valence-corrected chi connectivity index (χ1v) is 10.9. The third-order valence-electron chi connectivity index (χ3n) is 5.18. The predicted octanol–water partition coefficient (Wildman–Crippen LogP) is 2.62. The maximum absolute atomic E-state index is 12.6. The fourth-order valence-electron chi connectivity index (χ4n) is 3.50. The predicted molar refractivity (Wildman–Crippen MR) is 102 cm³/mol. The van der Waals surface area contributed by atoms with E-state index in [1.54, 1.807) is 13.8 Å². The molecule has 1 aliphatic rings. The molecule has 7 nitrogen and oxygen atoms in total. The van der Waals surface area contributed by atoms with Gasteiger partial charge in [-0.1, -0.05) is 39.5 Å². The van der Waals surface area contributed by atoms with Crippen LogP contribution < -0.4 is 5.32 Å². The Morgan fingerprint density at radius 2 is 1.56 bits per heavy atom. The normalized spacial score (nSPS) is 17.3. The van der Waals surface area contributed by atoms with E-state index in [9.17, 15) is 23.1 Å². The van der Waals surface area contributed by atoms with Crippen LogP contribution in [0.4, 0.5) is 0 Å². The van der Waals surface area contributed by atoms with Gasteiger partial charge in [0.15, 0.2) is 0 Å². The van der Waals surface area contributed by atoms with Gasteiger partial charge in [-0.15, -0.1) is 0 Å². The average molecular weight is 397 g/mol. The first-order valence-electron chi connectivity index (χ1n) is 9.43. The van der Waals surface area contributed by atoms with Crippen LogP contribution in [-0.4, -0.2) is 48.3 Å². The number of aliphatic carboxylic acids is 1. The Bertz CT molecular complexity index is 762. The molecule has 0 unspecified atom stereocenters. The van der Waals surface area contributed by atoms with Crippen molar-refractivity contribution in [2.75, 3.05) is 13.1 Å². The molecule has 150 valence electrons. The summed E-state index contributed by atoms with van der Waals surface area (Å²) < 4.78 is 26.4. The van der Waals surface area contributed by atoms with Gasteiger partial charge < -0.3 is 10.4 Å². The molecule has 1 amide bonds. The second kappa shape index (κ2) is 8.84. The molecule has 0 spiro atoms. The van der Waals surface area contributed by atoms with Crippen molar-refractivity contribution < 1.29 is 23.1 Å². The van der Waals surface area contributed by atoms with E-state index < -0.39 is 27.4 Å². The molecule has 1 aromatic carbocycles. The van der Waals surface area contributed by atoms with E-state index in [1.165, 1.54) is 28.6 Å². The van der Waals surface area contributed by atoms with E-state index in [0.717, 1.165) is 25.7 Å². The number of benzene rings is 1. The maximum Gasteiger partial charge on any atom is 0.329 e. The van der Waals surface area contributed by atoms with Crippen LogP contribution in [0.25, 0.3) is 0 Å². The fraction of sp³-hybridized carbons (Fsp3) is 0.579. The molecular formula is C19H28N2O5S. The lowest BCUT2D eigenvalue weighted by Crippen LogP contribution is -2.54. The molecule has 27 heavy (non-hydrogen) atoms. The average Bonchev–Trinajstić information content (AvgIpc) is 2.89. The summed E-state index contributed by atoms with van der Waals surface area (Å²) in [5.74, 6) is -1.51. The molecule has 2 N–H and O–H groups in total. The molecule has 0 radical (unpaired) electrons. The van der Waals surface area contributed by atoms with Crippen molar-refractivity contribution in [3.63, 3.8) is 0 Å². The van der Waals surface area contributed by atoms with Crippen LogP contribution in [0.2, 0.25) is 0 Å². The highest BCUT2D eigenvalue weighted by molar-refractivity contribution is 7.89. The molecule has 0 aliphatic heterocycles. The van der Waals surface area contributed by atoms with Crippen LogP contribution in [-0.2, 0) is 14.8 Å². The van der Waals surface area contributed by atoms with Crippen molar-refractivity contribution >= 4 is 21.9 Å². The summed E-state index contributed by atoms with van der Waals surface area (Å²) in [7, 11) is -3.59. The van der Waals surface area contributed by atoms with E-state index in [4.69, 9.17) is 0 Å². The van der Waals surface area contributed by atoms with E-state index in [-0.39, 0.29) is 10.5 Å². The van der Waals surface area contributed by atoms with Gasteiger partial charge in [0, 0.05) is 18.7 Å². The lowest BCUT2D eigenvalue weighted by molar-refractivity contribution is -0.145. The number of hydrogen-bond acceptors (Lipinski definition) is 4. The first kappa shape index (κ1) is 21.4. The number of sulfonamides is 1. The number of nitrogens with one attached hydrogen (secondary N) is 1. The Kier molecular flexibility index (Phi) is 7.00. The minimum absolute atomic E-state index is 0.116. The highest BCUT2D eigenvalue weighted by Gasteiger charge is 2.40. The summed E-state index contributed by atoms with van der Waals surface area (Å²) in [6.07, 6.45) is 4.25. The standard InChI is InChI=1S/C19H28N2O5S/c1-3-21(4-2)27(25,26)16-11-9-15(10-12-16)17(22)20-19(18(23)24)13-7-5-6-8-14-19/h9-12H,3-8,13-14H2,1-2H3,(H,20,22)(H,23,24). The van der Waals surface area contributed by atoms with Gasteiger partial charge >= 0.3 is 5.97 Å².